The molecule has 1 heterocycles. The maximum atomic E-state index is 13.7. The van der Waals surface area contributed by atoms with Crippen LogP contribution in [0.4, 0.5) is 13.2 Å². The zero-order valence-electron chi connectivity index (χ0n) is 18.7. The van der Waals surface area contributed by atoms with E-state index in [9.17, 15) is 21.6 Å². The predicted octanol–water partition coefficient (Wildman–Crippen LogP) is 8.66. The highest BCUT2D eigenvalue weighted by atomic mass is 32.3. The highest BCUT2D eigenvalue weighted by Gasteiger charge is 2.58. The molecule has 0 aliphatic rings. The number of aryl methyl sites for hydroxylation is 2. The standard InChI is InChI=1S/C25H21F3O3S4/c1-18-8-12-21(13-9-18)34(22-14-10-19(2)11-15-22,31-35(29,30)25(26,27)28)24-17-16-23(33-24)32-20-6-4-3-5-7-20/h3-17H,1-2H3/p+1. The van der Waals surface area contributed by atoms with E-state index in [0.717, 1.165) is 20.2 Å². The molecule has 0 bridgehead atoms. The number of halogens is 3. The maximum Gasteiger partial charge on any atom is 0.572 e. The van der Waals surface area contributed by atoms with Gasteiger partial charge in [0.05, 0.1) is 24.3 Å². The van der Waals surface area contributed by atoms with E-state index in [-0.39, 0.29) is 0 Å². The zero-order chi connectivity index (χ0) is 25.3. The average molecular weight is 556 g/mol. The molecule has 0 spiro atoms. The van der Waals surface area contributed by atoms with Gasteiger partial charge in [-0.15, -0.1) is 19.8 Å². The fourth-order valence-electron chi connectivity index (χ4n) is 3.27. The summed E-state index contributed by atoms with van der Waals surface area (Å²) < 4.78 is 71.1. The van der Waals surface area contributed by atoms with Crippen molar-refractivity contribution in [3.05, 3.63) is 102 Å². The van der Waals surface area contributed by atoms with Gasteiger partial charge in [0.25, 0.3) is 0 Å². The quantitative estimate of drug-likeness (QED) is 0.130. The van der Waals surface area contributed by atoms with Crippen molar-refractivity contribution in [2.75, 3.05) is 0 Å². The van der Waals surface area contributed by atoms with Crippen LogP contribution in [0, 0.1) is 13.8 Å². The largest absolute Gasteiger partial charge is 0.572 e. The molecule has 1 aromatic heterocycles. The molecule has 4 aromatic rings. The van der Waals surface area contributed by atoms with Crippen LogP contribution in [0.5, 0.6) is 0 Å². The average Bonchev–Trinajstić information content (AvgIpc) is 3.27. The van der Waals surface area contributed by atoms with Gasteiger partial charge in [0, 0.05) is 4.90 Å². The van der Waals surface area contributed by atoms with Crippen LogP contribution in [-0.2, 0) is 10.1 Å². The number of benzene rings is 3. The molecule has 0 aliphatic heterocycles. The third-order valence-corrected chi connectivity index (χ3v) is 12.9. The van der Waals surface area contributed by atoms with Crippen LogP contribution in [0.3, 0.4) is 0 Å². The smallest absolute Gasteiger partial charge is 0.254 e. The zero-order valence-corrected chi connectivity index (χ0v) is 22.0. The first-order chi connectivity index (χ1) is 16.5. The van der Waals surface area contributed by atoms with Crippen molar-refractivity contribution < 1.29 is 25.2 Å². The molecular weight excluding hydrogens is 534 g/mol. The SMILES string of the molecule is Cc1ccc(S([OH+]S(=O)(=O)C(F)(F)F)(c2ccc(C)cc2)c2ccc(Sc3ccccc3)s2)cc1. The van der Waals surface area contributed by atoms with E-state index in [0.29, 0.717) is 14.0 Å². The van der Waals surface area contributed by atoms with Gasteiger partial charge in [0.2, 0.25) is 0 Å². The molecule has 0 aliphatic carbocycles. The van der Waals surface area contributed by atoms with Crippen LogP contribution in [0.1, 0.15) is 11.1 Å². The molecule has 35 heavy (non-hydrogen) atoms. The normalized spacial score (nSPS) is 13.1. The van der Waals surface area contributed by atoms with E-state index < -0.39 is 25.9 Å². The summed E-state index contributed by atoms with van der Waals surface area (Å²) in [5.41, 5.74) is -3.72. The van der Waals surface area contributed by atoms with E-state index in [1.165, 1.54) is 23.1 Å². The molecule has 0 amide bonds. The van der Waals surface area contributed by atoms with E-state index in [4.69, 9.17) is 0 Å². The highest BCUT2D eigenvalue weighted by molar-refractivity contribution is 8.33. The Balaban J connectivity index is 1.96. The van der Waals surface area contributed by atoms with Crippen LogP contribution < -0.4 is 0 Å². The number of alkyl halides is 3. The van der Waals surface area contributed by atoms with Gasteiger partial charge >= 0.3 is 15.6 Å². The lowest BCUT2D eigenvalue weighted by atomic mass is 10.2. The first kappa shape index (κ1) is 25.8. The number of rotatable bonds is 7. The van der Waals surface area contributed by atoms with Gasteiger partial charge < -0.3 is 0 Å². The topological polar surface area (TPSA) is 46.9 Å². The molecule has 1 N–H and O–H groups in total. The molecule has 10 heteroatoms. The Hall–Kier alpha value is -2.24. The molecule has 0 atom stereocenters. The highest BCUT2D eigenvalue weighted by Crippen LogP contribution is 2.70. The van der Waals surface area contributed by atoms with E-state index in [1.807, 2.05) is 44.2 Å². The Morgan fingerprint density at radius 3 is 1.74 bits per heavy atom. The van der Waals surface area contributed by atoms with Crippen molar-refractivity contribution in [1.29, 1.82) is 0 Å². The number of hydrogen-bond acceptors (Lipinski definition) is 4. The minimum absolute atomic E-state index is 0.415. The van der Waals surface area contributed by atoms with Gasteiger partial charge in [-0.2, -0.15) is 13.2 Å². The van der Waals surface area contributed by atoms with Crippen molar-refractivity contribution in [3.63, 3.8) is 0 Å². The summed E-state index contributed by atoms with van der Waals surface area (Å²) in [5.74, 6) is 0. The molecule has 4 rings (SSSR count). The third-order valence-electron chi connectivity index (χ3n) is 5.04. The summed E-state index contributed by atoms with van der Waals surface area (Å²) in [4.78, 5) is 1.79. The molecular formula is C25H22F3O3S4+. The van der Waals surface area contributed by atoms with Crippen molar-refractivity contribution in [1.82, 2.24) is 0 Å². The van der Waals surface area contributed by atoms with Gasteiger partial charge in [-0.25, -0.2) is 0 Å². The second-order valence-electron chi connectivity index (χ2n) is 7.69. The van der Waals surface area contributed by atoms with Gasteiger partial charge in [-0.3, -0.25) is 3.63 Å². The third kappa shape index (κ3) is 5.46. The van der Waals surface area contributed by atoms with Crippen LogP contribution in [0.2, 0.25) is 0 Å². The van der Waals surface area contributed by atoms with Crippen molar-refractivity contribution in [3.8, 4) is 0 Å². The van der Waals surface area contributed by atoms with E-state index in [2.05, 4.69) is 3.63 Å². The lowest BCUT2D eigenvalue weighted by Gasteiger charge is -2.33. The number of thiophene rings is 1. The van der Waals surface area contributed by atoms with Crippen molar-refractivity contribution in [2.45, 2.75) is 42.5 Å². The lowest BCUT2D eigenvalue weighted by molar-refractivity contribution is -0.0540. The summed E-state index contributed by atoms with van der Waals surface area (Å²) in [6, 6.07) is 26.8. The molecule has 184 valence electrons. The first-order valence-corrected chi connectivity index (χ1v) is 15.0. The summed E-state index contributed by atoms with van der Waals surface area (Å²) in [6.07, 6.45) is 0. The van der Waals surface area contributed by atoms with Gasteiger partial charge in [-0.1, -0.05) is 65.4 Å². The van der Waals surface area contributed by atoms with Crippen LogP contribution in [0.15, 0.2) is 114 Å². The fourth-order valence-corrected chi connectivity index (χ4v) is 11.5. The Morgan fingerprint density at radius 1 is 0.743 bits per heavy atom. The van der Waals surface area contributed by atoms with Crippen molar-refractivity contribution in [2.24, 2.45) is 0 Å². The molecule has 3 aromatic carbocycles. The van der Waals surface area contributed by atoms with E-state index in [1.54, 1.807) is 60.7 Å². The Bertz CT molecular complexity index is 1350. The molecule has 0 fully saturated rings. The Kier molecular flexibility index (Phi) is 7.40. The van der Waals surface area contributed by atoms with E-state index >= 15 is 0 Å². The van der Waals surface area contributed by atoms with Crippen LogP contribution in [0.25, 0.3) is 0 Å². The minimum atomic E-state index is -5.81. The Labute approximate surface area is 212 Å². The summed E-state index contributed by atoms with van der Waals surface area (Å²) in [7, 11) is -8.96. The van der Waals surface area contributed by atoms with Crippen LogP contribution >= 0.6 is 33.4 Å². The summed E-state index contributed by atoms with van der Waals surface area (Å²) in [5, 5.41) is 0. The Morgan fingerprint density at radius 2 is 1.26 bits per heavy atom. The summed E-state index contributed by atoms with van der Waals surface area (Å²) in [6.45, 7) is 3.71. The van der Waals surface area contributed by atoms with Gasteiger partial charge in [-0.05, 0) is 62.4 Å². The van der Waals surface area contributed by atoms with Crippen LogP contribution in [-0.4, -0.2) is 17.6 Å². The second-order valence-corrected chi connectivity index (χ2v) is 15.0. The minimum Gasteiger partial charge on any atom is -0.254 e. The molecule has 0 saturated carbocycles. The second kappa shape index (κ2) is 10.0. The number of hydrogen-bond donors (Lipinski definition) is 0. The maximum absolute atomic E-state index is 13.7. The summed E-state index contributed by atoms with van der Waals surface area (Å²) >= 11 is 2.72. The van der Waals surface area contributed by atoms with Crippen molar-refractivity contribution >= 4 is 43.5 Å². The molecule has 0 unspecified atom stereocenters. The van der Waals surface area contributed by atoms with Gasteiger partial charge in [0.15, 0.2) is 0 Å². The predicted molar refractivity (Wildman–Crippen MR) is 137 cm³/mol. The lowest BCUT2D eigenvalue weighted by Crippen LogP contribution is -2.30. The monoisotopic (exact) mass is 555 g/mol. The molecule has 0 saturated heterocycles. The molecule has 3 nitrogen and oxygen atoms in total. The molecule has 0 radical (unpaired) electrons. The fraction of sp³-hybridized carbons (Fsp3) is 0.120. The first-order valence-electron chi connectivity index (χ1n) is 10.4. The van der Waals surface area contributed by atoms with Gasteiger partial charge in [0.1, 0.15) is 4.21 Å².